The van der Waals surface area contributed by atoms with Gasteiger partial charge in [0.2, 0.25) is 0 Å². The average Bonchev–Trinajstić information content (AvgIpc) is 3.12. The lowest BCUT2D eigenvalue weighted by Crippen LogP contribution is -2.46. The van der Waals surface area contributed by atoms with Crippen LogP contribution in [0.5, 0.6) is 0 Å². The van der Waals surface area contributed by atoms with Crippen molar-refractivity contribution in [2.75, 3.05) is 0 Å². The fourth-order valence-electron chi connectivity index (χ4n) is 3.59. The quantitative estimate of drug-likeness (QED) is 0.398. The van der Waals surface area contributed by atoms with Crippen LogP contribution in [-0.2, 0) is 4.79 Å². The molecule has 0 aliphatic rings. The molecule has 1 atom stereocenters. The van der Waals surface area contributed by atoms with Crippen LogP contribution in [0.2, 0.25) is 0 Å². The van der Waals surface area contributed by atoms with Crippen LogP contribution in [0.25, 0.3) is 10.9 Å². The van der Waals surface area contributed by atoms with Gasteiger partial charge in [-0.3, -0.25) is 9.59 Å². The van der Waals surface area contributed by atoms with Gasteiger partial charge in [-0.05, 0) is 44.4 Å². The van der Waals surface area contributed by atoms with Gasteiger partial charge in [0.25, 0.3) is 11.8 Å². The van der Waals surface area contributed by atoms with E-state index in [1.807, 2.05) is 44.3 Å². The van der Waals surface area contributed by atoms with Crippen LogP contribution >= 0.6 is 0 Å². The Kier molecular flexibility index (Phi) is 7.41. The van der Waals surface area contributed by atoms with Crippen LogP contribution in [0.4, 0.5) is 4.39 Å². The molecule has 0 radical (unpaired) electrons. The van der Waals surface area contributed by atoms with E-state index in [-0.39, 0.29) is 17.5 Å². The fourth-order valence-corrected chi connectivity index (χ4v) is 3.59. The molecule has 3 rings (SSSR count). The molecule has 1 aromatic heterocycles. The van der Waals surface area contributed by atoms with Crippen LogP contribution < -0.4 is 10.7 Å². The molecule has 32 heavy (non-hydrogen) atoms. The summed E-state index contributed by atoms with van der Waals surface area (Å²) >= 11 is 0. The number of nitrogens with one attached hydrogen (secondary N) is 2. The first-order chi connectivity index (χ1) is 15.3. The van der Waals surface area contributed by atoms with Gasteiger partial charge in [-0.2, -0.15) is 5.10 Å². The van der Waals surface area contributed by atoms with E-state index < -0.39 is 23.7 Å². The number of rotatable bonds is 8. The molecule has 0 spiro atoms. The molecule has 7 heteroatoms. The number of hydrogen-bond donors (Lipinski definition) is 2. The second-order valence-electron chi connectivity index (χ2n) is 8.47. The van der Waals surface area contributed by atoms with Gasteiger partial charge in [0.05, 0.1) is 11.8 Å². The van der Waals surface area contributed by atoms with Gasteiger partial charge < -0.3 is 9.88 Å². The third-order valence-corrected chi connectivity index (χ3v) is 5.15. The van der Waals surface area contributed by atoms with Crippen molar-refractivity contribution in [2.45, 2.75) is 46.2 Å². The van der Waals surface area contributed by atoms with Gasteiger partial charge >= 0.3 is 0 Å². The third kappa shape index (κ3) is 5.41. The Balaban J connectivity index is 1.74. The monoisotopic (exact) mass is 436 g/mol. The molecule has 2 amide bonds. The number of benzene rings is 2. The zero-order valence-corrected chi connectivity index (χ0v) is 18.8. The number of hydrazone groups is 1. The van der Waals surface area contributed by atoms with Crippen LogP contribution in [0.15, 0.2) is 59.8 Å². The molecule has 0 bridgehead atoms. The number of hydrogen-bond acceptors (Lipinski definition) is 3. The third-order valence-electron chi connectivity index (χ3n) is 5.15. The van der Waals surface area contributed by atoms with Crippen molar-refractivity contribution in [1.29, 1.82) is 0 Å². The second kappa shape index (κ2) is 10.2. The number of para-hydroxylation sites is 1. The normalized spacial score (nSPS) is 12.6. The summed E-state index contributed by atoms with van der Waals surface area (Å²) in [4.78, 5) is 25.3. The Morgan fingerprint density at radius 1 is 1.06 bits per heavy atom. The number of fused-ring (bicyclic) bond motifs is 1. The van der Waals surface area contributed by atoms with E-state index in [1.54, 1.807) is 12.3 Å². The summed E-state index contributed by atoms with van der Waals surface area (Å²) in [5, 5.41) is 7.79. The molecule has 0 unspecified atom stereocenters. The minimum Gasteiger partial charge on any atom is -0.344 e. The van der Waals surface area contributed by atoms with Crippen molar-refractivity contribution in [3.05, 3.63) is 71.7 Å². The maximum atomic E-state index is 13.9. The maximum Gasteiger partial charge on any atom is 0.262 e. The van der Waals surface area contributed by atoms with E-state index in [0.29, 0.717) is 6.42 Å². The van der Waals surface area contributed by atoms with Gasteiger partial charge in [-0.25, -0.2) is 9.82 Å². The van der Waals surface area contributed by atoms with Crippen LogP contribution in [0, 0.1) is 11.7 Å². The number of halogens is 1. The van der Waals surface area contributed by atoms with Gasteiger partial charge in [0.1, 0.15) is 11.9 Å². The number of nitrogens with zero attached hydrogens (tertiary/aromatic N) is 2. The predicted octanol–water partition coefficient (Wildman–Crippen LogP) is 4.66. The molecule has 168 valence electrons. The fraction of sp³-hybridized carbons (Fsp3) is 0.320. The average molecular weight is 437 g/mol. The lowest BCUT2D eigenvalue weighted by atomic mass is 10.0. The molecule has 0 fully saturated rings. The summed E-state index contributed by atoms with van der Waals surface area (Å²) in [5.74, 6) is -1.58. The summed E-state index contributed by atoms with van der Waals surface area (Å²) in [5.41, 5.74) is 4.39. The maximum absolute atomic E-state index is 13.9. The summed E-state index contributed by atoms with van der Waals surface area (Å²) < 4.78 is 16.1. The first kappa shape index (κ1) is 23.2. The number of aromatic nitrogens is 1. The van der Waals surface area contributed by atoms with Gasteiger partial charge in [0, 0.05) is 28.7 Å². The van der Waals surface area contributed by atoms with Gasteiger partial charge in [0.15, 0.2) is 0 Å². The molecule has 0 aliphatic heterocycles. The van der Waals surface area contributed by atoms with Crippen LogP contribution in [0.1, 0.15) is 56.1 Å². The highest BCUT2D eigenvalue weighted by molar-refractivity contribution is 6.00. The highest BCUT2D eigenvalue weighted by Crippen LogP contribution is 2.23. The van der Waals surface area contributed by atoms with Crippen molar-refractivity contribution in [2.24, 2.45) is 11.0 Å². The van der Waals surface area contributed by atoms with Crippen molar-refractivity contribution in [3.8, 4) is 0 Å². The molecule has 0 saturated heterocycles. The van der Waals surface area contributed by atoms with E-state index in [0.717, 1.165) is 16.5 Å². The zero-order chi connectivity index (χ0) is 23.3. The first-order valence-electron chi connectivity index (χ1n) is 10.8. The Hall–Kier alpha value is -3.48. The molecule has 6 nitrogen and oxygen atoms in total. The van der Waals surface area contributed by atoms with Crippen molar-refractivity contribution < 1.29 is 14.0 Å². The topological polar surface area (TPSA) is 75.5 Å². The Morgan fingerprint density at radius 2 is 1.75 bits per heavy atom. The minimum absolute atomic E-state index is 0.0981. The molecule has 1 heterocycles. The Bertz CT molecular complexity index is 1130. The van der Waals surface area contributed by atoms with E-state index in [9.17, 15) is 14.0 Å². The zero-order valence-electron chi connectivity index (χ0n) is 18.8. The molecule has 2 N–H and O–H groups in total. The smallest absolute Gasteiger partial charge is 0.262 e. The van der Waals surface area contributed by atoms with E-state index >= 15 is 0 Å². The minimum atomic E-state index is -0.837. The number of carbonyl (C=O) groups excluding carboxylic acids is 2. The standard InChI is InChI=1S/C25H29FN4O2/c1-16(2)13-22(28-24(31)20-10-5-7-11-21(20)26)25(32)29-27-14-18-15-30(17(3)4)23-12-8-6-9-19(18)23/h5-12,14-17,22H,13H2,1-4H3,(H,28,31)(H,29,32)/b27-14-/t22-/m1/s1. The summed E-state index contributed by atoms with van der Waals surface area (Å²) in [7, 11) is 0. The SMILES string of the molecule is CC(C)C[C@@H](NC(=O)c1ccccc1F)C(=O)N/N=C\c1cn(C(C)C)c2ccccc12. The molecule has 0 aliphatic carbocycles. The molecule has 0 saturated carbocycles. The van der Waals surface area contributed by atoms with Gasteiger partial charge in [-0.1, -0.05) is 44.2 Å². The molecule has 3 aromatic rings. The largest absolute Gasteiger partial charge is 0.344 e. The van der Waals surface area contributed by atoms with E-state index in [2.05, 4.69) is 34.3 Å². The number of carbonyl (C=O) groups is 2. The lowest BCUT2D eigenvalue weighted by molar-refractivity contribution is -0.123. The molecular weight excluding hydrogens is 407 g/mol. The molecular formula is C25H29FN4O2. The highest BCUT2D eigenvalue weighted by atomic mass is 19.1. The second-order valence-corrected chi connectivity index (χ2v) is 8.47. The van der Waals surface area contributed by atoms with Crippen LogP contribution in [0.3, 0.4) is 0 Å². The lowest BCUT2D eigenvalue weighted by Gasteiger charge is -2.19. The number of amides is 2. The van der Waals surface area contributed by atoms with Crippen molar-refractivity contribution in [1.82, 2.24) is 15.3 Å². The first-order valence-corrected chi connectivity index (χ1v) is 10.8. The van der Waals surface area contributed by atoms with Crippen molar-refractivity contribution in [3.63, 3.8) is 0 Å². The van der Waals surface area contributed by atoms with Crippen LogP contribution in [-0.4, -0.2) is 28.6 Å². The predicted molar refractivity (Wildman–Crippen MR) is 125 cm³/mol. The van der Waals surface area contributed by atoms with E-state index in [1.165, 1.54) is 18.2 Å². The van der Waals surface area contributed by atoms with Crippen molar-refractivity contribution >= 4 is 28.9 Å². The summed E-state index contributed by atoms with van der Waals surface area (Å²) in [6, 6.07) is 13.1. The summed E-state index contributed by atoms with van der Waals surface area (Å²) in [6.07, 6.45) is 4.00. The molecule has 2 aromatic carbocycles. The highest BCUT2D eigenvalue weighted by Gasteiger charge is 2.23. The van der Waals surface area contributed by atoms with Gasteiger partial charge in [-0.15, -0.1) is 0 Å². The summed E-state index contributed by atoms with van der Waals surface area (Å²) in [6.45, 7) is 8.09. The Labute approximate surface area is 187 Å². The van der Waals surface area contributed by atoms with E-state index in [4.69, 9.17) is 0 Å². The Morgan fingerprint density at radius 3 is 2.44 bits per heavy atom.